The highest BCUT2D eigenvalue weighted by Crippen LogP contribution is 2.34. The Hall–Kier alpha value is -3.77. The quantitative estimate of drug-likeness (QED) is 0.0856. The minimum absolute atomic E-state index is 0.228. The summed E-state index contributed by atoms with van der Waals surface area (Å²) < 4.78 is 36.2. The predicted octanol–water partition coefficient (Wildman–Crippen LogP) is 7.39. The van der Waals surface area contributed by atoms with Crippen molar-refractivity contribution < 1.29 is 38.0 Å². The molecule has 44 heavy (non-hydrogen) atoms. The Kier molecular flexibility index (Phi) is 11.4. The molecule has 5 atom stereocenters. The minimum atomic E-state index is -1.03. The molecule has 1 saturated heterocycles. The van der Waals surface area contributed by atoms with Crippen molar-refractivity contribution in [2.24, 2.45) is 5.92 Å². The van der Waals surface area contributed by atoms with E-state index in [1.54, 1.807) is 71.1 Å². The van der Waals surface area contributed by atoms with Crippen molar-refractivity contribution in [1.29, 1.82) is 0 Å². The maximum Gasteiger partial charge on any atom is 0.372 e. The van der Waals surface area contributed by atoms with Crippen LogP contribution in [0.15, 0.2) is 115 Å². The van der Waals surface area contributed by atoms with Crippen LogP contribution in [0.1, 0.15) is 28.4 Å². The Morgan fingerprint density at radius 2 is 1.30 bits per heavy atom. The molecule has 1 aliphatic rings. The van der Waals surface area contributed by atoms with Gasteiger partial charge >= 0.3 is 9.95 Å². The van der Waals surface area contributed by atoms with Crippen molar-refractivity contribution in [3.8, 4) is 11.5 Å². The molecule has 8 nitrogen and oxygen atoms in total. The highest BCUT2D eigenvalue weighted by Gasteiger charge is 2.48. The fourth-order valence-corrected chi connectivity index (χ4v) is 5.16. The molecule has 0 aromatic heterocycles. The van der Waals surface area contributed by atoms with E-state index in [0.717, 1.165) is 11.1 Å². The van der Waals surface area contributed by atoms with Gasteiger partial charge in [-0.3, -0.25) is 0 Å². The molecule has 0 saturated carbocycles. The Morgan fingerprint density at radius 3 is 1.91 bits per heavy atom. The second-order valence-corrected chi connectivity index (χ2v) is 11.2. The van der Waals surface area contributed by atoms with Crippen molar-refractivity contribution in [2.75, 3.05) is 6.61 Å². The lowest BCUT2D eigenvalue weighted by Gasteiger charge is -2.44. The van der Waals surface area contributed by atoms with E-state index < -0.39 is 34.5 Å². The highest BCUT2D eigenvalue weighted by atomic mass is 127. The SMILES string of the molecule is CC1C(COCc2ccccc2)OC(Oc2ccc(OC(=O)I)cc2)C(OC(=O)c2ccccc2)C1OCc1ccccc1. The number of rotatable bonds is 12. The van der Waals surface area contributed by atoms with Crippen molar-refractivity contribution in [1.82, 2.24) is 0 Å². The van der Waals surface area contributed by atoms with Gasteiger partial charge in [0, 0.05) is 5.92 Å². The van der Waals surface area contributed by atoms with Gasteiger partial charge in [0.25, 0.3) is 0 Å². The third-order valence-corrected chi connectivity index (χ3v) is 7.43. The van der Waals surface area contributed by atoms with Gasteiger partial charge in [-0.1, -0.05) is 85.8 Å². The Morgan fingerprint density at radius 1 is 0.727 bits per heavy atom. The van der Waals surface area contributed by atoms with Crippen LogP contribution in [-0.2, 0) is 32.2 Å². The molecule has 4 aromatic carbocycles. The molecule has 4 aromatic rings. The minimum Gasteiger partial charge on any atom is -0.461 e. The average molecular weight is 709 g/mol. The smallest absolute Gasteiger partial charge is 0.372 e. The summed E-state index contributed by atoms with van der Waals surface area (Å²) in [4.78, 5) is 24.7. The largest absolute Gasteiger partial charge is 0.461 e. The first-order chi connectivity index (χ1) is 21.5. The maximum absolute atomic E-state index is 13.3. The number of hydrogen-bond acceptors (Lipinski definition) is 8. The van der Waals surface area contributed by atoms with Crippen molar-refractivity contribution in [2.45, 2.75) is 44.7 Å². The van der Waals surface area contributed by atoms with Crippen LogP contribution < -0.4 is 9.47 Å². The molecule has 1 heterocycles. The van der Waals surface area contributed by atoms with E-state index in [-0.39, 0.29) is 12.5 Å². The number of halogens is 1. The lowest BCUT2D eigenvalue weighted by molar-refractivity contribution is -0.273. The summed E-state index contributed by atoms with van der Waals surface area (Å²) in [5, 5.41) is 0. The number of benzene rings is 4. The van der Waals surface area contributed by atoms with E-state index in [2.05, 4.69) is 0 Å². The highest BCUT2D eigenvalue weighted by molar-refractivity contribution is 14.1. The van der Waals surface area contributed by atoms with Gasteiger partial charge in [0.2, 0.25) is 6.29 Å². The second-order valence-electron chi connectivity index (χ2n) is 10.3. The molecular formula is C35H33IO8. The van der Waals surface area contributed by atoms with Crippen LogP contribution in [-0.4, -0.2) is 41.2 Å². The molecule has 1 aliphatic heterocycles. The van der Waals surface area contributed by atoms with E-state index in [9.17, 15) is 9.59 Å². The molecule has 5 rings (SSSR count). The summed E-state index contributed by atoms with van der Waals surface area (Å²) in [6.45, 7) is 2.98. The van der Waals surface area contributed by atoms with Crippen LogP contribution in [0, 0.1) is 5.92 Å². The zero-order valence-electron chi connectivity index (χ0n) is 24.1. The fourth-order valence-electron chi connectivity index (χ4n) is 4.91. The topological polar surface area (TPSA) is 89.5 Å². The van der Waals surface area contributed by atoms with Gasteiger partial charge in [-0.15, -0.1) is 0 Å². The predicted molar refractivity (Wildman–Crippen MR) is 172 cm³/mol. The van der Waals surface area contributed by atoms with Crippen LogP contribution in [0.25, 0.3) is 0 Å². The summed E-state index contributed by atoms with van der Waals surface area (Å²) in [7, 11) is 0. The molecule has 1 fully saturated rings. The average Bonchev–Trinajstić information content (AvgIpc) is 3.04. The lowest BCUT2D eigenvalue weighted by Crippen LogP contribution is -2.59. The summed E-state index contributed by atoms with van der Waals surface area (Å²) in [5.41, 5.74) is 2.43. The molecule has 0 radical (unpaired) electrons. The molecular weight excluding hydrogens is 675 g/mol. The van der Waals surface area contributed by atoms with Gasteiger partial charge in [0.1, 0.15) is 17.6 Å². The van der Waals surface area contributed by atoms with E-state index in [1.807, 2.05) is 73.7 Å². The van der Waals surface area contributed by atoms with Gasteiger partial charge < -0.3 is 28.4 Å². The van der Waals surface area contributed by atoms with Crippen molar-refractivity contribution in [3.05, 3.63) is 132 Å². The number of ether oxygens (including phenoxy) is 6. The summed E-state index contributed by atoms with van der Waals surface area (Å²) >= 11 is 1.56. The summed E-state index contributed by atoms with van der Waals surface area (Å²) in [6.07, 6.45) is -2.97. The van der Waals surface area contributed by atoms with Crippen molar-refractivity contribution in [3.63, 3.8) is 0 Å². The van der Waals surface area contributed by atoms with Crippen LogP contribution in [0.4, 0.5) is 4.79 Å². The molecule has 9 heteroatoms. The van der Waals surface area contributed by atoms with Crippen LogP contribution >= 0.6 is 22.6 Å². The van der Waals surface area contributed by atoms with Gasteiger partial charge in [0.05, 0.1) is 54.1 Å². The molecule has 0 amide bonds. The zero-order valence-corrected chi connectivity index (χ0v) is 26.3. The number of carbonyl (C=O) groups excluding carboxylic acids is 2. The summed E-state index contributed by atoms with van der Waals surface area (Å²) in [6, 6.07) is 35.0. The summed E-state index contributed by atoms with van der Waals surface area (Å²) in [5.74, 6) is 0.0623. The Bertz CT molecular complexity index is 1470. The zero-order chi connectivity index (χ0) is 30.7. The maximum atomic E-state index is 13.3. The molecule has 0 aliphatic carbocycles. The first kappa shape index (κ1) is 31.6. The van der Waals surface area contributed by atoms with Crippen LogP contribution in [0.3, 0.4) is 0 Å². The number of carbonyl (C=O) groups is 2. The van der Waals surface area contributed by atoms with Gasteiger partial charge in [-0.2, -0.15) is 0 Å². The van der Waals surface area contributed by atoms with Gasteiger partial charge in [-0.05, 0) is 47.5 Å². The molecule has 0 bridgehead atoms. The first-order valence-corrected chi connectivity index (χ1v) is 15.4. The number of esters is 1. The third kappa shape index (κ3) is 8.88. The Balaban J connectivity index is 1.40. The normalized spacial score (nSPS) is 21.3. The molecule has 0 spiro atoms. The lowest BCUT2D eigenvalue weighted by atomic mass is 9.90. The number of hydrogen-bond donors (Lipinski definition) is 0. The third-order valence-electron chi connectivity index (χ3n) is 7.21. The van der Waals surface area contributed by atoms with Gasteiger partial charge in [-0.25, -0.2) is 9.59 Å². The molecule has 5 unspecified atom stereocenters. The van der Waals surface area contributed by atoms with Gasteiger partial charge in [0.15, 0.2) is 6.10 Å². The van der Waals surface area contributed by atoms with E-state index in [4.69, 9.17) is 28.4 Å². The van der Waals surface area contributed by atoms with E-state index >= 15 is 0 Å². The van der Waals surface area contributed by atoms with E-state index in [0.29, 0.717) is 30.3 Å². The van der Waals surface area contributed by atoms with E-state index in [1.165, 1.54) is 0 Å². The Labute approximate surface area is 270 Å². The monoisotopic (exact) mass is 708 g/mol. The van der Waals surface area contributed by atoms with Crippen LogP contribution in [0.2, 0.25) is 0 Å². The second kappa shape index (κ2) is 15.8. The molecule has 228 valence electrons. The first-order valence-electron chi connectivity index (χ1n) is 14.3. The molecule has 0 N–H and O–H groups in total. The van der Waals surface area contributed by atoms with Crippen molar-refractivity contribution >= 4 is 32.5 Å². The standard InChI is InChI=1S/C35H33IO8/c1-24-30(23-39-21-25-11-5-2-6-12-25)43-34(41-28-17-19-29(20-18-28)42-35(36)38)32(44-33(37)27-15-9-4-10-16-27)31(24)40-22-26-13-7-3-8-14-26/h2-20,24,30-32,34H,21-23H2,1H3. The fraction of sp³-hybridized carbons (Fsp3) is 0.257. The van der Waals surface area contributed by atoms with Crippen LogP contribution in [0.5, 0.6) is 11.5 Å².